The lowest BCUT2D eigenvalue weighted by Crippen LogP contribution is -2.23. The predicted molar refractivity (Wildman–Crippen MR) is 58.2 cm³/mol. The van der Waals surface area contributed by atoms with Crippen LogP contribution in [-0.4, -0.2) is 12.5 Å². The molecule has 0 aliphatic rings. The Bertz CT molecular complexity index is 323. The monoisotopic (exact) mass is 189 g/mol. The number of amides is 1. The first-order chi connectivity index (χ1) is 6.70. The first-order valence-corrected chi connectivity index (χ1v) is 4.67. The zero-order valence-corrected chi connectivity index (χ0v) is 8.58. The van der Waals surface area contributed by atoms with Crippen LogP contribution >= 0.6 is 0 Å². The molecule has 1 N–H and O–H groups in total. The predicted octanol–water partition coefficient (Wildman–Crippen LogP) is 2.38. The minimum absolute atomic E-state index is 0.0249. The average molecular weight is 189 g/mol. The highest BCUT2D eigenvalue weighted by Crippen LogP contribution is 1.97. The van der Waals surface area contributed by atoms with E-state index in [0.717, 1.165) is 0 Å². The maximum atomic E-state index is 11.5. The Labute approximate surface area is 84.6 Å². The molecule has 0 unspecified atom stereocenters. The number of nitrogens with one attached hydrogen (secondary N) is 1. The maximum Gasteiger partial charge on any atom is 0.251 e. The van der Waals surface area contributed by atoms with Gasteiger partial charge in [0, 0.05) is 12.1 Å². The van der Waals surface area contributed by atoms with E-state index in [0.29, 0.717) is 12.1 Å². The van der Waals surface area contributed by atoms with Crippen molar-refractivity contribution in [2.24, 2.45) is 0 Å². The standard InChI is InChI=1S/C12H15NO/c1-10(2)8-9-13-12(14)11-6-4-3-5-7-11/h3-8H,9H2,1-2H3,(H,13,14). The third kappa shape index (κ3) is 3.44. The smallest absolute Gasteiger partial charge is 0.251 e. The summed E-state index contributed by atoms with van der Waals surface area (Å²) in [6, 6.07) is 9.22. The van der Waals surface area contributed by atoms with E-state index in [1.165, 1.54) is 5.57 Å². The van der Waals surface area contributed by atoms with Gasteiger partial charge in [-0.15, -0.1) is 0 Å². The number of rotatable bonds is 3. The van der Waals surface area contributed by atoms with Crippen LogP contribution in [0.25, 0.3) is 0 Å². The molecule has 0 aliphatic carbocycles. The summed E-state index contributed by atoms with van der Waals surface area (Å²) in [6.45, 7) is 4.61. The minimum atomic E-state index is -0.0249. The number of carbonyl (C=O) groups is 1. The third-order valence-electron chi connectivity index (χ3n) is 1.81. The first-order valence-electron chi connectivity index (χ1n) is 4.67. The van der Waals surface area contributed by atoms with Gasteiger partial charge in [-0.25, -0.2) is 0 Å². The van der Waals surface area contributed by atoms with E-state index in [4.69, 9.17) is 0 Å². The van der Waals surface area contributed by atoms with Crippen LogP contribution in [0.5, 0.6) is 0 Å². The number of hydrogen-bond acceptors (Lipinski definition) is 1. The van der Waals surface area contributed by atoms with Gasteiger partial charge in [0.25, 0.3) is 5.91 Å². The van der Waals surface area contributed by atoms with E-state index >= 15 is 0 Å². The second-order valence-corrected chi connectivity index (χ2v) is 3.36. The van der Waals surface area contributed by atoms with Crippen LogP contribution in [0.3, 0.4) is 0 Å². The van der Waals surface area contributed by atoms with Gasteiger partial charge >= 0.3 is 0 Å². The van der Waals surface area contributed by atoms with Gasteiger partial charge in [0.2, 0.25) is 0 Å². The fraction of sp³-hybridized carbons (Fsp3) is 0.250. The van der Waals surface area contributed by atoms with E-state index in [1.54, 1.807) is 12.1 Å². The highest BCUT2D eigenvalue weighted by Gasteiger charge is 2.00. The molecular weight excluding hydrogens is 174 g/mol. The van der Waals surface area contributed by atoms with E-state index in [-0.39, 0.29) is 5.91 Å². The summed E-state index contributed by atoms with van der Waals surface area (Å²) >= 11 is 0. The fourth-order valence-electron chi connectivity index (χ4n) is 1.04. The molecule has 0 heterocycles. The van der Waals surface area contributed by atoms with Gasteiger partial charge in [-0.05, 0) is 26.0 Å². The third-order valence-corrected chi connectivity index (χ3v) is 1.81. The lowest BCUT2D eigenvalue weighted by atomic mass is 10.2. The lowest BCUT2D eigenvalue weighted by Gasteiger charge is -2.01. The molecular formula is C12H15NO. The number of benzene rings is 1. The second-order valence-electron chi connectivity index (χ2n) is 3.36. The summed E-state index contributed by atoms with van der Waals surface area (Å²) in [5, 5.41) is 2.81. The summed E-state index contributed by atoms with van der Waals surface area (Å²) < 4.78 is 0. The Kier molecular flexibility index (Phi) is 3.92. The summed E-state index contributed by atoms with van der Waals surface area (Å²) in [4.78, 5) is 11.5. The molecule has 0 fully saturated rings. The summed E-state index contributed by atoms with van der Waals surface area (Å²) in [5.41, 5.74) is 1.91. The van der Waals surface area contributed by atoms with Gasteiger partial charge < -0.3 is 5.32 Å². The molecule has 2 nitrogen and oxygen atoms in total. The van der Waals surface area contributed by atoms with Crippen molar-refractivity contribution < 1.29 is 4.79 Å². The molecule has 1 amide bonds. The van der Waals surface area contributed by atoms with E-state index < -0.39 is 0 Å². The summed E-state index contributed by atoms with van der Waals surface area (Å²) in [6.07, 6.45) is 1.99. The molecule has 0 aromatic heterocycles. The Morgan fingerprint density at radius 1 is 1.29 bits per heavy atom. The van der Waals surface area contributed by atoms with Crippen molar-refractivity contribution in [2.45, 2.75) is 13.8 Å². The largest absolute Gasteiger partial charge is 0.349 e. The van der Waals surface area contributed by atoms with Crippen LogP contribution in [0.2, 0.25) is 0 Å². The van der Waals surface area contributed by atoms with Gasteiger partial charge in [0.05, 0.1) is 0 Å². The van der Waals surface area contributed by atoms with Crippen LogP contribution in [0.15, 0.2) is 42.0 Å². The van der Waals surface area contributed by atoms with Crippen LogP contribution in [-0.2, 0) is 0 Å². The Morgan fingerprint density at radius 2 is 1.93 bits per heavy atom. The van der Waals surface area contributed by atoms with Crippen LogP contribution in [0, 0.1) is 0 Å². The number of allylic oxidation sites excluding steroid dienone is 1. The molecule has 1 rings (SSSR count). The molecule has 0 radical (unpaired) electrons. The lowest BCUT2D eigenvalue weighted by molar-refractivity contribution is 0.0958. The van der Waals surface area contributed by atoms with Crippen LogP contribution in [0.1, 0.15) is 24.2 Å². The van der Waals surface area contributed by atoms with E-state index in [9.17, 15) is 4.79 Å². The van der Waals surface area contributed by atoms with Gasteiger partial charge in [-0.2, -0.15) is 0 Å². The van der Waals surface area contributed by atoms with Crippen molar-refractivity contribution >= 4 is 5.91 Å². The second kappa shape index (κ2) is 5.22. The Balaban J connectivity index is 2.48. The quantitative estimate of drug-likeness (QED) is 0.727. The molecule has 1 aromatic rings. The minimum Gasteiger partial charge on any atom is -0.349 e. The number of carbonyl (C=O) groups excluding carboxylic acids is 1. The average Bonchev–Trinajstić information content (AvgIpc) is 2.18. The highest BCUT2D eigenvalue weighted by molar-refractivity contribution is 5.94. The highest BCUT2D eigenvalue weighted by atomic mass is 16.1. The van der Waals surface area contributed by atoms with Crippen molar-refractivity contribution in [1.29, 1.82) is 0 Å². The van der Waals surface area contributed by atoms with Crippen molar-refractivity contribution in [1.82, 2.24) is 5.32 Å². The molecule has 0 bridgehead atoms. The summed E-state index contributed by atoms with van der Waals surface area (Å²) in [5.74, 6) is -0.0249. The molecule has 1 aromatic carbocycles. The molecule has 0 saturated carbocycles. The molecule has 0 atom stereocenters. The zero-order valence-electron chi connectivity index (χ0n) is 8.58. The topological polar surface area (TPSA) is 29.1 Å². The van der Waals surface area contributed by atoms with E-state index in [1.807, 2.05) is 38.1 Å². The maximum absolute atomic E-state index is 11.5. The normalized spacial score (nSPS) is 9.29. The molecule has 0 spiro atoms. The van der Waals surface area contributed by atoms with Crippen LogP contribution in [0.4, 0.5) is 0 Å². The van der Waals surface area contributed by atoms with Gasteiger partial charge in [0.15, 0.2) is 0 Å². The fourth-order valence-corrected chi connectivity index (χ4v) is 1.04. The van der Waals surface area contributed by atoms with Crippen molar-refractivity contribution in [3.05, 3.63) is 47.5 Å². The van der Waals surface area contributed by atoms with Crippen LogP contribution < -0.4 is 5.32 Å². The first kappa shape index (κ1) is 10.5. The van der Waals surface area contributed by atoms with Gasteiger partial charge in [0.1, 0.15) is 0 Å². The van der Waals surface area contributed by atoms with Crippen molar-refractivity contribution in [3.8, 4) is 0 Å². The zero-order chi connectivity index (χ0) is 10.4. The number of hydrogen-bond donors (Lipinski definition) is 1. The van der Waals surface area contributed by atoms with Crippen molar-refractivity contribution in [2.75, 3.05) is 6.54 Å². The van der Waals surface area contributed by atoms with E-state index in [2.05, 4.69) is 5.32 Å². The molecule has 2 heteroatoms. The molecule has 14 heavy (non-hydrogen) atoms. The van der Waals surface area contributed by atoms with Gasteiger partial charge in [-0.3, -0.25) is 4.79 Å². The summed E-state index contributed by atoms with van der Waals surface area (Å²) in [7, 11) is 0. The Morgan fingerprint density at radius 3 is 2.50 bits per heavy atom. The molecule has 74 valence electrons. The SMILES string of the molecule is CC(C)=CCNC(=O)c1ccccc1. The van der Waals surface area contributed by atoms with Gasteiger partial charge in [-0.1, -0.05) is 29.8 Å². The Hall–Kier alpha value is -1.57. The molecule has 0 aliphatic heterocycles. The molecule has 0 saturated heterocycles. The van der Waals surface area contributed by atoms with Crippen molar-refractivity contribution in [3.63, 3.8) is 0 Å².